The van der Waals surface area contributed by atoms with Crippen molar-refractivity contribution in [2.45, 2.75) is 64.8 Å². The molecule has 0 aliphatic carbocycles. The Hall–Kier alpha value is -6.28. The van der Waals surface area contributed by atoms with Crippen LogP contribution in [0.25, 0.3) is 11.3 Å². The summed E-state index contributed by atoms with van der Waals surface area (Å²) in [6.07, 6.45) is 5.43. The van der Waals surface area contributed by atoms with Gasteiger partial charge in [-0.25, -0.2) is 4.98 Å². The van der Waals surface area contributed by atoms with Crippen LogP contribution in [-0.2, 0) is 28.0 Å². The van der Waals surface area contributed by atoms with Gasteiger partial charge in [0.2, 0.25) is 17.7 Å². The Kier molecular flexibility index (Phi) is 11.2. The molecule has 0 radical (unpaired) electrons. The van der Waals surface area contributed by atoms with Crippen LogP contribution < -0.4 is 21.3 Å². The van der Waals surface area contributed by atoms with Gasteiger partial charge in [0, 0.05) is 74.0 Å². The number of rotatable bonds is 11. The molecule has 5 aromatic rings. The monoisotopic (exact) mass is 768 g/mol. The van der Waals surface area contributed by atoms with Gasteiger partial charge in [0.15, 0.2) is 0 Å². The lowest BCUT2D eigenvalue weighted by molar-refractivity contribution is -0.134. The third-order valence-electron chi connectivity index (χ3n) is 10.6. The van der Waals surface area contributed by atoms with Crippen molar-refractivity contribution in [3.05, 3.63) is 118 Å². The number of anilines is 2. The highest BCUT2D eigenvalue weighted by atomic mass is 16.5. The fourth-order valence-electron chi connectivity index (χ4n) is 7.08. The molecule has 2 aliphatic rings. The van der Waals surface area contributed by atoms with E-state index in [9.17, 15) is 14.4 Å². The molecule has 0 spiro atoms. The van der Waals surface area contributed by atoms with Crippen LogP contribution in [0.1, 0.15) is 89.4 Å². The number of imide groups is 1. The maximum absolute atomic E-state index is 12.7. The minimum atomic E-state index is -0.424. The summed E-state index contributed by atoms with van der Waals surface area (Å²) in [5.41, 5.74) is 13.9. The van der Waals surface area contributed by atoms with Crippen LogP contribution in [0, 0.1) is 12.3 Å². The van der Waals surface area contributed by atoms with Crippen LogP contribution in [0.4, 0.5) is 11.5 Å². The van der Waals surface area contributed by atoms with Gasteiger partial charge < -0.3 is 20.5 Å². The van der Waals surface area contributed by atoms with Gasteiger partial charge in [0.25, 0.3) is 11.7 Å². The minimum Gasteiger partial charge on any atom is -0.383 e. The second-order valence-corrected chi connectivity index (χ2v) is 15.8. The first kappa shape index (κ1) is 39.0. The predicted octanol–water partition coefficient (Wildman–Crippen LogP) is 4.95. The standard InChI is InChI=1S/C43H48N10O4/c1-26-21-29(9-10-30(26)23-48-41(56)39-50-42(57-51-39)43(2,3)4)37(44)34-22-31(24-47-38(34)45)35-13-11-32(25-46-35)53-19-17-52(18-20-53)16-15-27-5-7-28(8-6-27)33-12-14-36(54)49-40(33)55/h5-11,13,21-22,24-25,33,44H,12,14-20,23H2,1-4H3,(H2,45,47)(H,48,56)(H,49,54,55). The fourth-order valence-corrected chi connectivity index (χ4v) is 7.08. The van der Waals surface area contributed by atoms with Crippen molar-refractivity contribution >= 4 is 34.9 Å². The van der Waals surface area contributed by atoms with Gasteiger partial charge >= 0.3 is 0 Å². The van der Waals surface area contributed by atoms with Crippen LogP contribution in [0.15, 0.2) is 77.6 Å². The number of piperidine rings is 1. The average Bonchev–Trinajstić information content (AvgIpc) is 3.72. The van der Waals surface area contributed by atoms with E-state index in [1.807, 2.05) is 76.4 Å². The zero-order chi connectivity index (χ0) is 40.3. The molecule has 7 rings (SSSR count). The number of amides is 3. The molecule has 14 heteroatoms. The predicted molar refractivity (Wildman–Crippen MR) is 217 cm³/mol. The topological polar surface area (TPSA) is 196 Å². The number of nitrogens with zero attached hydrogens (tertiary/aromatic N) is 6. The van der Waals surface area contributed by atoms with Crippen molar-refractivity contribution in [3.63, 3.8) is 0 Å². The zero-order valence-electron chi connectivity index (χ0n) is 32.8. The summed E-state index contributed by atoms with van der Waals surface area (Å²) in [6, 6.07) is 19.8. The summed E-state index contributed by atoms with van der Waals surface area (Å²) in [5.74, 6) is -0.441. The Morgan fingerprint density at radius 3 is 2.44 bits per heavy atom. The number of hydrogen-bond acceptors (Lipinski definition) is 12. The lowest BCUT2D eigenvalue weighted by Gasteiger charge is -2.36. The summed E-state index contributed by atoms with van der Waals surface area (Å²) < 4.78 is 5.24. The van der Waals surface area contributed by atoms with E-state index in [1.165, 1.54) is 5.56 Å². The van der Waals surface area contributed by atoms with E-state index >= 15 is 0 Å². The molecule has 0 saturated carbocycles. The Labute approximate surface area is 331 Å². The third-order valence-corrected chi connectivity index (χ3v) is 10.6. The molecule has 294 valence electrons. The molecule has 0 bridgehead atoms. The number of aryl methyl sites for hydroxylation is 1. The first-order valence-corrected chi connectivity index (χ1v) is 19.3. The van der Waals surface area contributed by atoms with Crippen molar-refractivity contribution in [1.82, 2.24) is 35.6 Å². The van der Waals surface area contributed by atoms with Crippen LogP contribution >= 0.6 is 0 Å². The maximum Gasteiger partial charge on any atom is 0.292 e. The summed E-state index contributed by atoms with van der Waals surface area (Å²) in [5, 5.41) is 18.1. The van der Waals surface area contributed by atoms with Gasteiger partial charge in [-0.15, -0.1) is 0 Å². The second kappa shape index (κ2) is 16.4. The Morgan fingerprint density at radius 1 is 1.00 bits per heavy atom. The van der Waals surface area contributed by atoms with Gasteiger partial charge in [0.1, 0.15) is 5.82 Å². The molecule has 2 fully saturated rings. The van der Waals surface area contributed by atoms with Crippen molar-refractivity contribution in [3.8, 4) is 11.3 Å². The van der Waals surface area contributed by atoms with Gasteiger partial charge in [-0.2, -0.15) is 4.98 Å². The van der Waals surface area contributed by atoms with E-state index in [4.69, 9.17) is 20.7 Å². The van der Waals surface area contributed by atoms with Gasteiger partial charge in [-0.05, 0) is 66.3 Å². The highest BCUT2D eigenvalue weighted by Crippen LogP contribution is 2.27. The number of nitrogens with two attached hydrogens (primary N) is 1. The highest BCUT2D eigenvalue weighted by Gasteiger charge is 2.28. The molecule has 3 aromatic heterocycles. The maximum atomic E-state index is 12.7. The van der Waals surface area contributed by atoms with Crippen LogP contribution in [0.3, 0.4) is 0 Å². The lowest BCUT2D eigenvalue weighted by atomic mass is 9.90. The molecular weight excluding hydrogens is 721 g/mol. The van der Waals surface area contributed by atoms with Crippen LogP contribution in [-0.4, -0.2) is 81.2 Å². The molecule has 57 heavy (non-hydrogen) atoms. The van der Waals surface area contributed by atoms with E-state index in [0.717, 1.165) is 72.8 Å². The molecule has 2 aliphatic heterocycles. The number of piperazine rings is 1. The lowest BCUT2D eigenvalue weighted by Crippen LogP contribution is -2.47. The van der Waals surface area contributed by atoms with Crippen molar-refractivity contribution in [2.24, 2.45) is 0 Å². The summed E-state index contributed by atoms with van der Waals surface area (Å²) in [6.45, 7) is 12.6. The third kappa shape index (κ3) is 9.07. The summed E-state index contributed by atoms with van der Waals surface area (Å²) in [4.78, 5) is 54.6. The van der Waals surface area contributed by atoms with Crippen LogP contribution in [0.5, 0.6) is 0 Å². The van der Waals surface area contributed by atoms with Crippen molar-refractivity contribution < 1.29 is 18.9 Å². The first-order valence-electron chi connectivity index (χ1n) is 19.3. The molecule has 3 amide bonds. The fraction of sp³-hybridized carbons (Fsp3) is 0.349. The zero-order valence-corrected chi connectivity index (χ0v) is 32.8. The number of hydrogen-bond donors (Lipinski definition) is 4. The molecular formula is C43H48N10O4. The van der Waals surface area contributed by atoms with Gasteiger partial charge in [-0.3, -0.25) is 35.0 Å². The Bertz CT molecular complexity index is 2290. The largest absolute Gasteiger partial charge is 0.383 e. The Balaban J connectivity index is 0.912. The average molecular weight is 769 g/mol. The van der Waals surface area contributed by atoms with E-state index in [1.54, 1.807) is 6.20 Å². The molecule has 14 nitrogen and oxygen atoms in total. The van der Waals surface area contributed by atoms with E-state index in [-0.39, 0.29) is 47.0 Å². The normalized spacial score (nSPS) is 16.4. The number of benzene rings is 2. The van der Waals surface area contributed by atoms with Crippen LogP contribution in [0.2, 0.25) is 0 Å². The second-order valence-electron chi connectivity index (χ2n) is 15.8. The molecule has 2 aromatic carbocycles. The van der Waals surface area contributed by atoms with Crippen molar-refractivity contribution in [2.75, 3.05) is 43.4 Å². The highest BCUT2D eigenvalue weighted by molar-refractivity contribution is 6.14. The summed E-state index contributed by atoms with van der Waals surface area (Å²) >= 11 is 0. The number of carbonyl (C=O) groups excluding carboxylic acids is 3. The number of carbonyl (C=O) groups is 3. The minimum absolute atomic E-state index is 0.0106. The Morgan fingerprint density at radius 2 is 1.77 bits per heavy atom. The van der Waals surface area contributed by atoms with E-state index in [0.29, 0.717) is 29.9 Å². The van der Waals surface area contributed by atoms with Crippen molar-refractivity contribution in [1.29, 1.82) is 5.41 Å². The van der Waals surface area contributed by atoms with Gasteiger partial charge in [0.05, 0.1) is 29.2 Å². The number of nitrogens with one attached hydrogen (secondary N) is 3. The number of pyridine rings is 2. The quantitative estimate of drug-likeness (QED) is 0.105. The van der Waals surface area contributed by atoms with E-state index in [2.05, 4.69) is 53.8 Å². The molecule has 5 N–H and O–H groups in total. The molecule has 5 heterocycles. The SMILES string of the molecule is Cc1cc(C(=N)c2cc(-c3ccc(N4CCN(CCc5ccc(C6CCC(=O)NC6=O)cc5)CC4)cn3)cnc2N)ccc1CNC(=O)c1noc(C(C)(C)C)n1. The molecule has 1 unspecified atom stereocenters. The smallest absolute Gasteiger partial charge is 0.292 e. The number of aromatic nitrogens is 4. The van der Waals surface area contributed by atoms with Gasteiger partial charge in [-0.1, -0.05) is 62.3 Å². The first-order chi connectivity index (χ1) is 27.3. The van der Waals surface area contributed by atoms with E-state index < -0.39 is 5.91 Å². The number of nitrogen functional groups attached to an aromatic ring is 1. The molecule has 1 atom stereocenters. The molecule has 2 saturated heterocycles. The summed E-state index contributed by atoms with van der Waals surface area (Å²) in [7, 11) is 0.